The first-order chi connectivity index (χ1) is 21.1. The largest absolute Gasteiger partial charge is 0.0856 e. The average molecular weight is 595 g/mol. The first-order valence-corrected chi connectivity index (χ1v) is 17.4. The highest BCUT2D eigenvalue weighted by Gasteiger charge is 1.99. The van der Waals surface area contributed by atoms with Gasteiger partial charge in [0.2, 0.25) is 0 Å². The van der Waals surface area contributed by atoms with Crippen LogP contribution < -0.4 is 0 Å². The van der Waals surface area contributed by atoms with Crippen molar-refractivity contribution in [2.75, 3.05) is 0 Å². The van der Waals surface area contributed by atoms with Crippen molar-refractivity contribution in [3.63, 3.8) is 0 Å². The Kier molecular flexibility index (Phi) is 21.8. The average Bonchev–Trinajstić information content (AvgIpc) is 2.98. The molecule has 1 aromatic carbocycles. The lowest BCUT2D eigenvalue weighted by atomic mass is 10.00. The van der Waals surface area contributed by atoms with E-state index in [9.17, 15) is 0 Å². The summed E-state index contributed by atoms with van der Waals surface area (Å²) in [5.74, 6) is 0. The molecule has 0 heterocycles. The van der Waals surface area contributed by atoms with Crippen LogP contribution in [0.2, 0.25) is 0 Å². The summed E-state index contributed by atoms with van der Waals surface area (Å²) in [6.45, 7) is 20.2. The Bertz CT molecular complexity index is 1180. The van der Waals surface area contributed by atoms with E-state index >= 15 is 0 Å². The summed E-state index contributed by atoms with van der Waals surface area (Å²) in [6.07, 6.45) is 34.3. The van der Waals surface area contributed by atoms with Crippen molar-refractivity contribution >= 4 is 5.57 Å². The molecule has 0 saturated heterocycles. The highest BCUT2D eigenvalue weighted by Crippen LogP contribution is 2.21. The van der Waals surface area contributed by atoms with Gasteiger partial charge in [-0.3, -0.25) is 0 Å². The van der Waals surface area contributed by atoms with Gasteiger partial charge in [0, 0.05) is 0 Å². The Balaban J connectivity index is 2.27. The smallest absolute Gasteiger partial charge is 0.00922 e. The number of hydrogen-bond acceptors (Lipinski definition) is 0. The van der Waals surface area contributed by atoms with Gasteiger partial charge in [0.15, 0.2) is 0 Å². The van der Waals surface area contributed by atoms with E-state index in [1.165, 1.54) is 95.1 Å². The van der Waals surface area contributed by atoms with Gasteiger partial charge in [-0.05, 0) is 157 Å². The molecule has 0 unspecified atom stereocenters. The van der Waals surface area contributed by atoms with E-state index in [1.54, 1.807) is 0 Å². The van der Waals surface area contributed by atoms with Crippen LogP contribution in [0.4, 0.5) is 0 Å². The van der Waals surface area contributed by atoms with Gasteiger partial charge in [-0.15, -0.1) is 0 Å². The Morgan fingerprint density at radius 3 is 1.07 bits per heavy atom. The van der Waals surface area contributed by atoms with E-state index in [2.05, 4.69) is 141 Å². The Hall–Kier alpha value is -2.86. The van der Waals surface area contributed by atoms with Crippen LogP contribution in [0.5, 0.6) is 0 Å². The summed E-state index contributed by atoms with van der Waals surface area (Å²) < 4.78 is 0. The van der Waals surface area contributed by atoms with Crippen molar-refractivity contribution in [1.82, 2.24) is 0 Å². The van der Waals surface area contributed by atoms with E-state index in [1.807, 2.05) is 0 Å². The second-order valence-corrected chi connectivity index (χ2v) is 13.2. The van der Waals surface area contributed by atoms with E-state index in [0.29, 0.717) is 0 Å². The molecule has 0 N–H and O–H groups in total. The lowest BCUT2D eigenvalue weighted by molar-refractivity contribution is 0.883. The maximum Gasteiger partial charge on any atom is -0.00922 e. The predicted molar refractivity (Wildman–Crippen MR) is 202 cm³/mol. The molecule has 0 aliphatic heterocycles. The van der Waals surface area contributed by atoms with E-state index < -0.39 is 0 Å². The van der Waals surface area contributed by atoms with Crippen LogP contribution in [-0.2, 0) is 0 Å². The quantitative estimate of drug-likeness (QED) is 0.124. The number of hydrogen-bond donors (Lipinski definition) is 0. The molecule has 0 aliphatic rings. The molecule has 0 aromatic heterocycles. The maximum atomic E-state index is 2.46. The molecule has 0 nitrogen and oxygen atoms in total. The van der Waals surface area contributed by atoms with Gasteiger partial charge < -0.3 is 0 Å². The van der Waals surface area contributed by atoms with Gasteiger partial charge in [0.05, 0.1) is 0 Å². The molecule has 44 heavy (non-hydrogen) atoms. The molecule has 1 aromatic rings. The van der Waals surface area contributed by atoms with Crippen LogP contribution in [0.1, 0.15) is 151 Å². The molecule has 0 saturated carbocycles. The highest BCUT2D eigenvalue weighted by atomic mass is 14.1. The molecular weight excluding hydrogens is 528 g/mol. The maximum absolute atomic E-state index is 2.46. The van der Waals surface area contributed by atoms with E-state index in [-0.39, 0.29) is 0 Å². The SMILES string of the molecule is C/C=C(\C/C=C(\C)CC/C=C(\C)CC/C=C(\C)CC/C=C(\C)CC/C=C(\C)CC/C=C(\C)CCC=C(C)C)c1ccccc1. The fraction of sp³-hybridized carbons (Fsp3) is 0.500. The zero-order valence-corrected chi connectivity index (χ0v) is 30.2. The molecule has 1 rings (SSSR count). The summed E-state index contributed by atoms with van der Waals surface area (Å²) in [5, 5.41) is 0. The minimum absolute atomic E-state index is 1.01. The normalized spacial score (nSPS) is 14.3. The fourth-order valence-corrected chi connectivity index (χ4v) is 5.27. The summed E-state index contributed by atoms with van der Waals surface area (Å²) in [6, 6.07) is 10.7. The molecule has 242 valence electrons. The third kappa shape index (κ3) is 20.9. The first kappa shape index (κ1) is 39.2. The standard InChI is InChI=1S/C44H66/c1-10-43(44-32-12-11-13-33-44)35-34-42(9)31-19-30-41(8)29-18-28-40(7)27-17-26-39(6)25-16-24-38(5)23-15-22-37(4)21-14-20-36(2)3/h10-13,20,22,24,26,28,30,32-34H,14-19,21,23,25,27,29,31,35H2,1-9H3/b37-22+,38-24+,39-26+,40-28+,41-30+,42-34+,43-10+. The number of allylic oxidation sites excluding steroid dienone is 16. The van der Waals surface area contributed by atoms with Gasteiger partial charge in [0.1, 0.15) is 0 Å². The lowest BCUT2D eigenvalue weighted by Crippen LogP contribution is -1.85. The molecular formula is C44H66. The summed E-state index contributed by atoms with van der Waals surface area (Å²) >= 11 is 0. The summed E-state index contributed by atoms with van der Waals surface area (Å²) in [5.41, 5.74) is 13.3. The van der Waals surface area contributed by atoms with Crippen LogP contribution in [0, 0.1) is 0 Å². The topological polar surface area (TPSA) is 0 Å². The molecule has 0 bridgehead atoms. The van der Waals surface area contributed by atoms with Crippen LogP contribution in [0.3, 0.4) is 0 Å². The van der Waals surface area contributed by atoms with Crippen molar-refractivity contribution in [1.29, 1.82) is 0 Å². The molecule has 0 atom stereocenters. The van der Waals surface area contributed by atoms with E-state index in [4.69, 9.17) is 0 Å². The van der Waals surface area contributed by atoms with Crippen molar-refractivity contribution < 1.29 is 0 Å². The van der Waals surface area contributed by atoms with Gasteiger partial charge in [-0.2, -0.15) is 0 Å². The fourth-order valence-electron chi connectivity index (χ4n) is 5.27. The Morgan fingerprint density at radius 2 is 0.750 bits per heavy atom. The van der Waals surface area contributed by atoms with Crippen LogP contribution >= 0.6 is 0 Å². The lowest BCUT2D eigenvalue weighted by Gasteiger charge is -2.06. The summed E-state index contributed by atoms with van der Waals surface area (Å²) in [7, 11) is 0. The monoisotopic (exact) mass is 595 g/mol. The highest BCUT2D eigenvalue weighted by molar-refractivity contribution is 5.66. The third-order valence-corrected chi connectivity index (χ3v) is 8.41. The van der Waals surface area contributed by atoms with Crippen molar-refractivity contribution in [3.05, 3.63) is 124 Å². The molecule has 0 spiro atoms. The minimum Gasteiger partial charge on any atom is -0.0856 e. The second-order valence-electron chi connectivity index (χ2n) is 13.2. The Labute approximate surface area is 274 Å². The third-order valence-electron chi connectivity index (χ3n) is 8.41. The number of benzene rings is 1. The predicted octanol–water partition coefficient (Wildman–Crippen LogP) is 14.8. The number of rotatable bonds is 21. The minimum atomic E-state index is 1.01. The molecule has 0 radical (unpaired) electrons. The van der Waals surface area contributed by atoms with Gasteiger partial charge in [-0.1, -0.05) is 118 Å². The second kappa shape index (κ2) is 24.5. The van der Waals surface area contributed by atoms with Crippen LogP contribution in [-0.4, -0.2) is 0 Å². The van der Waals surface area contributed by atoms with Crippen LogP contribution in [0.25, 0.3) is 5.57 Å². The zero-order chi connectivity index (χ0) is 32.6. The molecule has 0 amide bonds. The van der Waals surface area contributed by atoms with Gasteiger partial charge in [0.25, 0.3) is 0 Å². The van der Waals surface area contributed by atoms with Crippen molar-refractivity contribution in [2.24, 2.45) is 0 Å². The van der Waals surface area contributed by atoms with Crippen molar-refractivity contribution in [3.8, 4) is 0 Å². The molecule has 0 fully saturated rings. The van der Waals surface area contributed by atoms with Gasteiger partial charge >= 0.3 is 0 Å². The van der Waals surface area contributed by atoms with E-state index in [0.717, 1.165) is 38.5 Å². The van der Waals surface area contributed by atoms with Gasteiger partial charge in [-0.25, -0.2) is 0 Å². The Morgan fingerprint density at radius 1 is 0.432 bits per heavy atom. The molecule has 0 aliphatic carbocycles. The zero-order valence-electron chi connectivity index (χ0n) is 30.2. The summed E-state index contributed by atoms with van der Waals surface area (Å²) in [4.78, 5) is 0. The molecule has 0 heteroatoms. The van der Waals surface area contributed by atoms with Crippen LogP contribution in [0.15, 0.2) is 118 Å². The first-order valence-electron chi connectivity index (χ1n) is 17.4. The van der Waals surface area contributed by atoms with Crippen molar-refractivity contribution in [2.45, 2.75) is 146 Å².